The predicted molar refractivity (Wildman–Crippen MR) is 112 cm³/mol. The molecular weight excluding hydrogens is 358 g/mol. The molecule has 4 heteroatoms. The normalized spacial score (nSPS) is 12.7. The Balaban J connectivity index is 1.85. The second-order valence-corrected chi connectivity index (χ2v) is 6.72. The molecule has 29 heavy (non-hydrogen) atoms. The molecule has 4 rings (SSSR count). The molecule has 0 saturated heterocycles. The van der Waals surface area contributed by atoms with Crippen molar-refractivity contribution in [3.05, 3.63) is 120 Å². The standard InChI is InChI=1S/C25H19N3O/c26-18-22(24(29)20-12-6-2-7-13-20)23(19-10-4-1-5-11-19)25-27-16-17-28(25)21-14-8-3-9-15-21/h1-17,22-23H. The summed E-state index contributed by atoms with van der Waals surface area (Å²) < 4.78 is 1.94. The smallest absolute Gasteiger partial charge is 0.181 e. The minimum absolute atomic E-state index is 0.204. The number of para-hydroxylation sites is 1. The maximum Gasteiger partial charge on any atom is 0.181 e. The van der Waals surface area contributed by atoms with Gasteiger partial charge in [-0.25, -0.2) is 4.98 Å². The van der Waals surface area contributed by atoms with Gasteiger partial charge in [0.1, 0.15) is 11.7 Å². The van der Waals surface area contributed by atoms with Gasteiger partial charge in [0.25, 0.3) is 0 Å². The molecule has 0 aliphatic carbocycles. The van der Waals surface area contributed by atoms with Crippen LogP contribution in [0.4, 0.5) is 0 Å². The number of hydrogen-bond donors (Lipinski definition) is 0. The zero-order valence-corrected chi connectivity index (χ0v) is 15.7. The second-order valence-electron chi connectivity index (χ2n) is 6.72. The molecule has 3 aromatic carbocycles. The lowest BCUT2D eigenvalue weighted by Crippen LogP contribution is -2.25. The number of Topliss-reactive ketones (excluding diaryl/α,β-unsaturated/α-hetero) is 1. The van der Waals surface area contributed by atoms with Gasteiger partial charge >= 0.3 is 0 Å². The van der Waals surface area contributed by atoms with E-state index in [-0.39, 0.29) is 5.78 Å². The third kappa shape index (κ3) is 3.71. The van der Waals surface area contributed by atoms with Crippen LogP contribution in [0.2, 0.25) is 0 Å². The van der Waals surface area contributed by atoms with E-state index in [2.05, 4.69) is 11.1 Å². The number of nitriles is 1. The molecule has 0 radical (unpaired) electrons. The van der Waals surface area contributed by atoms with Crippen LogP contribution in [0.5, 0.6) is 0 Å². The zero-order valence-electron chi connectivity index (χ0n) is 15.7. The van der Waals surface area contributed by atoms with E-state index in [4.69, 9.17) is 0 Å². The molecular formula is C25H19N3O. The van der Waals surface area contributed by atoms with E-state index >= 15 is 0 Å². The number of hydrogen-bond acceptors (Lipinski definition) is 3. The lowest BCUT2D eigenvalue weighted by Gasteiger charge is -2.22. The Bertz CT molecular complexity index is 1130. The quantitative estimate of drug-likeness (QED) is 0.443. The number of aromatic nitrogens is 2. The van der Waals surface area contributed by atoms with Crippen LogP contribution in [-0.4, -0.2) is 15.3 Å². The van der Waals surface area contributed by atoms with Gasteiger partial charge in [0, 0.05) is 23.6 Å². The number of rotatable bonds is 6. The van der Waals surface area contributed by atoms with Gasteiger partial charge in [-0.1, -0.05) is 78.9 Å². The van der Waals surface area contributed by atoms with E-state index in [0.717, 1.165) is 11.3 Å². The summed E-state index contributed by atoms with van der Waals surface area (Å²) >= 11 is 0. The van der Waals surface area contributed by atoms with Crippen LogP contribution >= 0.6 is 0 Å². The molecule has 140 valence electrons. The summed E-state index contributed by atoms with van der Waals surface area (Å²) in [7, 11) is 0. The molecule has 1 aromatic heterocycles. The summed E-state index contributed by atoms with van der Waals surface area (Å²) in [5.74, 6) is -0.934. The van der Waals surface area contributed by atoms with Crippen molar-refractivity contribution in [3.63, 3.8) is 0 Å². The van der Waals surface area contributed by atoms with Crippen molar-refractivity contribution in [1.29, 1.82) is 5.26 Å². The van der Waals surface area contributed by atoms with Crippen LogP contribution in [0.3, 0.4) is 0 Å². The summed E-state index contributed by atoms with van der Waals surface area (Å²) in [4.78, 5) is 17.8. The highest BCUT2D eigenvalue weighted by Gasteiger charge is 2.34. The minimum Gasteiger partial charge on any atom is -0.303 e. The number of ketones is 1. The molecule has 0 amide bonds. The van der Waals surface area contributed by atoms with E-state index in [0.29, 0.717) is 11.4 Å². The lowest BCUT2D eigenvalue weighted by molar-refractivity contribution is 0.0938. The van der Waals surface area contributed by atoms with Crippen LogP contribution in [0.1, 0.15) is 27.7 Å². The van der Waals surface area contributed by atoms with Crippen LogP contribution in [0.25, 0.3) is 5.69 Å². The van der Waals surface area contributed by atoms with Crippen molar-refractivity contribution in [2.24, 2.45) is 5.92 Å². The van der Waals surface area contributed by atoms with Crippen molar-refractivity contribution in [2.45, 2.75) is 5.92 Å². The first kappa shape index (κ1) is 18.4. The fourth-order valence-corrected chi connectivity index (χ4v) is 3.57. The fourth-order valence-electron chi connectivity index (χ4n) is 3.57. The maximum atomic E-state index is 13.3. The van der Waals surface area contributed by atoms with Gasteiger partial charge in [0.15, 0.2) is 5.78 Å². The van der Waals surface area contributed by atoms with Crippen LogP contribution in [0, 0.1) is 17.2 Å². The van der Waals surface area contributed by atoms with E-state index in [1.165, 1.54) is 0 Å². The molecule has 0 spiro atoms. The lowest BCUT2D eigenvalue weighted by atomic mass is 9.81. The first-order valence-electron chi connectivity index (χ1n) is 9.42. The number of nitrogens with zero attached hydrogens (tertiary/aromatic N) is 3. The van der Waals surface area contributed by atoms with Gasteiger partial charge in [-0.2, -0.15) is 5.26 Å². The van der Waals surface area contributed by atoms with E-state index < -0.39 is 11.8 Å². The van der Waals surface area contributed by atoms with Crippen molar-refractivity contribution >= 4 is 5.78 Å². The summed E-state index contributed by atoms with van der Waals surface area (Å²) in [6, 6.07) is 30.7. The average Bonchev–Trinajstić information content (AvgIpc) is 3.28. The molecule has 4 aromatic rings. The van der Waals surface area contributed by atoms with E-state index in [1.54, 1.807) is 18.3 Å². The zero-order chi connectivity index (χ0) is 20.1. The molecule has 2 unspecified atom stereocenters. The molecule has 0 aliphatic rings. The van der Waals surface area contributed by atoms with Crippen molar-refractivity contribution in [2.75, 3.05) is 0 Å². The largest absolute Gasteiger partial charge is 0.303 e. The summed E-state index contributed by atoms with van der Waals surface area (Å²) in [6.45, 7) is 0. The van der Waals surface area contributed by atoms with Crippen molar-refractivity contribution in [1.82, 2.24) is 9.55 Å². The Morgan fingerprint density at radius 1 is 0.862 bits per heavy atom. The highest BCUT2D eigenvalue weighted by atomic mass is 16.1. The Hall–Kier alpha value is -3.97. The van der Waals surface area contributed by atoms with Gasteiger partial charge < -0.3 is 4.57 Å². The third-order valence-corrected chi connectivity index (χ3v) is 4.95. The highest BCUT2D eigenvalue weighted by Crippen LogP contribution is 2.34. The van der Waals surface area contributed by atoms with Crippen LogP contribution < -0.4 is 0 Å². The molecule has 0 N–H and O–H groups in total. The van der Waals surface area contributed by atoms with Crippen molar-refractivity contribution in [3.8, 4) is 11.8 Å². The Labute approximate surface area is 169 Å². The molecule has 4 nitrogen and oxygen atoms in total. The monoisotopic (exact) mass is 377 g/mol. The molecule has 2 atom stereocenters. The Kier molecular flexibility index (Phi) is 5.31. The van der Waals surface area contributed by atoms with E-state index in [1.807, 2.05) is 89.6 Å². The Morgan fingerprint density at radius 2 is 1.45 bits per heavy atom. The van der Waals surface area contributed by atoms with Crippen molar-refractivity contribution < 1.29 is 4.79 Å². The minimum atomic E-state index is -0.898. The van der Waals surface area contributed by atoms with E-state index in [9.17, 15) is 10.1 Å². The number of carbonyl (C=O) groups is 1. The predicted octanol–water partition coefficient (Wildman–Crippen LogP) is 5.03. The summed E-state index contributed by atoms with van der Waals surface area (Å²) in [6.07, 6.45) is 3.57. The highest BCUT2D eigenvalue weighted by molar-refractivity contribution is 6.00. The number of imidazole rings is 1. The van der Waals surface area contributed by atoms with Gasteiger partial charge in [-0.15, -0.1) is 0 Å². The fraction of sp³-hybridized carbons (Fsp3) is 0.0800. The molecule has 0 bridgehead atoms. The van der Waals surface area contributed by atoms with Gasteiger partial charge in [-0.05, 0) is 17.7 Å². The molecule has 0 saturated carbocycles. The van der Waals surface area contributed by atoms with Gasteiger partial charge in [0.05, 0.1) is 12.0 Å². The average molecular weight is 377 g/mol. The second kappa shape index (κ2) is 8.37. The van der Waals surface area contributed by atoms with Gasteiger partial charge in [0.2, 0.25) is 0 Å². The summed E-state index contributed by atoms with van der Waals surface area (Å²) in [5.41, 5.74) is 2.34. The third-order valence-electron chi connectivity index (χ3n) is 4.95. The Morgan fingerprint density at radius 3 is 2.07 bits per heavy atom. The molecule has 0 fully saturated rings. The number of benzene rings is 3. The van der Waals surface area contributed by atoms with Crippen LogP contribution in [0.15, 0.2) is 103 Å². The molecule has 0 aliphatic heterocycles. The van der Waals surface area contributed by atoms with Gasteiger partial charge in [-0.3, -0.25) is 4.79 Å². The SMILES string of the molecule is N#CC(C(=O)c1ccccc1)C(c1ccccc1)c1nccn1-c1ccccc1. The summed E-state index contributed by atoms with van der Waals surface area (Å²) in [5, 5.41) is 10.0. The molecule has 1 heterocycles. The topological polar surface area (TPSA) is 58.7 Å². The first-order chi connectivity index (χ1) is 14.3. The first-order valence-corrected chi connectivity index (χ1v) is 9.42. The number of carbonyl (C=O) groups excluding carboxylic acids is 1. The maximum absolute atomic E-state index is 13.3. The van der Waals surface area contributed by atoms with Crippen LogP contribution in [-0.2, 0) is 0 Å².